The van der Waals surface area contributed by atoms with Gasteiger partial charge in [0.25, 0.3) is 0 Å². The van der Waals surface area contributed by atoms with Crippen molar-refractivity contribution < 1.29 is 18.3 Å². The molecule has 3 aromatic rings. The molecule has 0 bridgehead atoms. The third-order valence-electron chi connectivity index (χ3n) is 4.02. The van der Waals surface area contributed by atoms with E-state index < -0.39 is 23.3 Å². The lowest BCUT2D eigenvalue weighted by molar-refractivity contribution is 0.174. The Labute approximate surface area is 187 Å². The highest BCUT2D eigenvalue weighted by Gasteiger charge is 2.28. The molecular weight excluding hydrogens is 446 g/mol. The summed E-state index contributed by atoms with van der Waals surface area (Å²) < 4.78 is 35.0. The first-order valence-corrected chi connectivity index (χ1v) is 10.3. The summed E-state index contributed by atoms with van der Waals surface area (Å²) in [6.07, 6.45) is 1.92. The first kappa shape index (κ1) is 22.8. The van der Waals surface area contributed by atoms with E-state index in [0.717, 1.165) is 12.1 Å². The predicted octanol–water partition coefficient (Wildman–Crippen LogP) is 6.23. The van der Waals surface area contributed by atoms with Crippen molar-refractivity contribution in [1.29, 1.82) is 0 Å². The van der Waals surface area contributed by atoms with Crippen LogP contribution >= 0.6 is 22.9 Å². The number of thiazole rings is 1. The van der Waals surface area contributed by atoms with E-state index in [-0.39, 0.29) is 28.7 Å². The Kier molecular flexibility index (Phi) is 6.66. The molecule has 10 heteroatoms. The number of rotatable bonds is 5. The molecule has 1 amide bonds. The summed E-state index contributed by atoms with van der Waals surface area (Å²) in [6.45, 7) is 9.19. The molecule has 0 atom stereocenters. The average molecular weight is 465 g/mol. The van der Waals surface area contributed by atoms with E-state index in [1.165, 1.54) is 23.6 Å². The van der Waals surface area contributed by atoms with Crippen LogP contribution in [0.5, 0.6) is 0 Å². The first-order valence-electron chi connectivity index (χ1n) is 9.15. The Morgan fingerprint density at radius 2 is 2.03 bits per heavy atom. The number of aromatic nitrogens is 3. The molecule has 0 aliphatic carbocycles. The van der Waals surface area contributed by atoms with Gasteiger partial charge < -0.3 is 4.74 Å². The molecule has 31 heavy (non-hydrogen) atoms. The summed E-state index contributed by atoms with van der Waals surface area (Å²) in [6, 6.07) is 3.75. The minimum Gasteiger partial charge on any atom is -0.445 e. The highest BCUT2D eigenvalue weighted by atomic mass is 35.5. The predicted molar refractivity (Wildman–Crippen MR) is 117 cm³/mol. The van der Waals surface area contributed by atoms with Crippen LogP contribution in [0.15, 0.2) is 37.1 Å². The Balaban J connectivity index is 2.17. The van der Waals surface area contributed by atoms with Crippen molar-refractivity contribution in [1.82, 2.24) is 15.0 Å². The molecule has 1 N–H and O–H groups in total. The van der Waals surface area contributed by atoms with E-state index in [4.69, 9.17) is 16.3 Å². The quantitative estimate of drug-likeness (QED) is 0.357. The van der Waals surface area contributed by atoms with E-state index >= 15 is 4.39 Å². The number of nitrogens with zero attached hydrogens (tertiary/aromatic N) is 3. The van der Waals surface area contributed by atoms with Crippen molar-refractivity contribution in [3.05, 3.63) is 59.0 Å². The molecule has 3 rings (SSSR count). The van der Waals surface area contributed by atoms with E-state index in [9.17, 15) is 9.18 Å². The standard InChI is InChI=1S/C21H19ClF2N4O2S/c1-5-10-30-20(29)27-12-7-6-11(23)14(15(12)24)16-17(13-8-9-25-19(22)26-13)31-18(28-16)21(2,3)4/h5-9H,1,10H2,2-4H3,(H,27,29). The lowest BCUT2D eigenvalue weighted by atomic mass is 9.98. The molecule has 6 nitrogen and oxygen atoms in total. The van der Waals surface area contributed by atoms with E-state index in [0.29, 0.717) is 15.6 Å². The molecule has 1 aromatic carbocycles. The van der Waals surface area contributed by atoms with Gasteiger partial charge in [0.1, 0.15) is 12.4 Å². The average Bonchev–Trinajstić information content (AvgIpc) is 3.14. The number of hydrogen-bond donors (Lipinski definition) is 1. The lowest BCUT2D eigenvalue weighted by Crippen LogP contribution is -2.15. The van der Waals surface area contributed by atoms with E-state index in [1.54, 1.807) is 6.07 Å². The fourth-order valence-corrected chi connectivity index (χ4v) is 3.84. The van der Waals surface area contributed by atoms with Gasteiger partial charge in [-0.15, -0.1) is 11.3 Å². The highest BCUT2D eigenvalue weighted by Crippen LogP contribution is 2.42. The van der Waals surface area contributed by atoms with Gasteiger partial charge in [0.15, 0.2) is 5.82 Å². The summed E-state index contributed by atoms with van der Waals surface area (Å²) in [7, 11) is 0. The van der Waals surface area contributed by atoms with E-state index in [1.807, 2.05) is 20.8 Å². The van der Waals surface area contributed by atoms with Crippen molar-refractivity contribution in [3.8, 4) is 21.8 Å². The third kappa shape index (κ3) is 5.05. The number of carbonyl (C=O) groups excluding carboxylic acids is 1. The van der Waals surface area contributed by atoms with Crippen LogP contribution in [0.3, 0.4) is 0 Å². The Bertz CT molecular complexity index is 1140. The fourth-order valence-electron chi connectivity index (χ4n) is 2.59. The molecule has 0 saturated heterocycles. The molecule has 0 unspecified atom stereocenters. The maximum atomic E-state index is 15.4. The van der Waals surface area contributed by atoms with Crippen LogP contribution in [0.25, 0.3) is 21.8 Å². The maximum absolute atomic E-state index is 15.4. The number of hydrogen-bond acceptors (Lipinski definition) is 6. The Morgan fingerprint density at radius 3 is 2.68 bits per heavy atom. The molecule has 0 aliphatic rings. The molecule has 0 saturated carbocycles. The van der Waals surface area contributed by atoms with Crippen molar-refractivity contribution in [2.24, 2.45) is 0 Å². The van der Waals surface area contributed by atoms with Crippen LogP contribution in [0.4, 0.5) is 19.3 Å². The summed E-state index contributed by atoms with van der Waals surface area (Å²) >= 11 is 7.18. The summed E-state index contributed by atoms with van der Waals surface area (Å²) in [5, 5.41) is 2.91. The second kappa shape index (κ2) is 9.07. The van der Waals surface area contributed by atoms with Crippen molar-refractivity contribution >= 4 is 34.7 Å². The zero-order valence-electron chi connectivity index (χ0n) is 17.0. The van der Waals surface area contributed by atoms with E-state index in [2.05, 4.69) is 26.8 Å². The molecule has 2 heterocycles. The van der Waals surface area contributed by atoms with Gasteiger partial charge in [0.2, 0.25) is 5.28 Å². The maximum Gasteiger partial charge on any atom is 0.412 e. The Hall–Kier alpha value is -2.91. The normalized spacial score (nSPS) is 11.3. The number of halogens is 3. The number of ether oxygens (including phenoxy) is 1. The van der Waals surface area contributed by atoms with Crippen LogP contribution in [-0.2, 0) is 10.2 Å². The minimum absolute atomic E-state index is 0.00418. The lowest BCUT2D eigenvalue weighted by Gasteiger charge is -2.13. The molecule has 2 aromatic heterocycles. The molecular formula is C21H19ClF2N4O2S. The number of anilines is 1. The Morgan fingerprint density at radius 1 is 1.29 bits per heavy atom. The van der Waals surface area contributed by atoms with Gasteiger partial charge in [-0.25, -0.2) is 28.5 Å². The zero-order valence-corrected chi connectivity index (χ0v) is 18.6. The number of nitrogens with one attached hydrogen (secondary N) is 1. The smallest absolute Gasteiger partial charge is 0.412 e. The number of carbonyl (C=O) groups is 1. The molecule has 0 aliphatic heterocycles. The van der Waals surface area contributed by atoms with Gasteiger partial charge in [-0.2, -0.15) is 0 Å². The topological polar surface area (TPSA) is 77.0 Å². The third-order valence-corrected chi connectivity index (χ3v) is 5.71. The van der Waals surface area contributed by atoms with Crippen LogP contribution in [0.1, 0.15) is 25.8 Å². The van der Waals surface area contributed by atoms with Crippen molar-refractivity contribution in [2.75, 3.05) is 11.9 Å². The van der Waals surface area contributed by atoms with Crippen LogP contribution in [0.2, 0.25) is 5.28 Å². The molecule has 0 spiro atoms. The summed E-state index contributed by atoms with van der Waals surface area (Å²) in [5.41, 5.74) is -0.583. The van der Waals surface area contributed by atoms with Crippen LogP contribution in [0, 0.1) is 11.6 Å². The first-order chi connectivity index (χ1) is 14.6. The second-order valence-corrected chi connectivity index (χ2v) is 8.79. The highest BCUT2D eigenvalue weighted by molar-refractivity contribution is 7.15. The summed E-state index contributed by atoms with van der Waals surface area (Å²) in [4.78, 5) is 24.8. The van der Waals surface area contributed by atoms with Gasteiger partial charge in [-0.1, -0.05) is 33.4 Å². The van der Waals surface area contributed by atoms with Gasteiger partial charge in [-0.05, 0) is 29.8 Å². The fraction of sp³-hybridized carbons (Fsp3) is 0.238. The van der Waals surface area contributed by atoms with Crippen molar-refractivity contribution in [2.45, 2.75) is 26.2 Å². The molecule has 0 radical (unpaired) electrons. The van der Waals surface area contributed by atoms with Gasteiger partial charge in [-0.3, -0.25) is 5.32 Å². The zero-order chi connectivity index (χ0) is 22.8. The van der Waals surface area contributed by atoms with Crippen LogP contribution in [-0.4, -0.2) is 27.7 Å². The molecule has 162 valence electrons. The SMILES string of the molecule is C=CCOC(=O)Nc1ccc(F)c(-c2nc(C(C)(C)C)sc2-c2ccnc(Cl)n2)c1F. The van der Waals surface area contributed by atoms with Crippen LogP contribution < -0.4 is 5.32 Å². The number of benzene rings is 1. The minimum atomic E-state index is -0.984. The molecule has 0 fully saturated rings. The van der Waals surface area contributed by atoms with Gasteiger partial charge in [0.05, 0.1) is 32.5 Å². The summed E-state index contributed by atoms with van der Waals surface area (Å²) in [5.74, 6) is -1.82. The van der Waals surface area contributed by atoms with Gasteiger partial charge >= 0.3 is 6.09 Å². The number of amides is 1. The monoisotopic (exact) mass is 464 g/mol. The van der Waals surface area contributed by atoms with Gasteiger partial charge in [0, 0.05) is 11.6 Å². The van der Waals surface area contributed by atoms with Crippen molar-refractivity contribution in [3.63, 3.8) is 0 Å². The largest absolute Gasteiger partial charge is 0.445 e. The second-order valence-electron chi connectivity index (χ2n) is 7.45.